The molecule has 0 N–H and O–H groups in total. The van der Waals surface area contributed by atoms with Gasteiger partial charge in [0.1, 0.15) is 11.2 Å². The fraction of sp³-hybridized carbons (Fsp3) is 0.273. The van der Waals surface area contributed by atoms with Gasteiger partial charge in [-0.2, -0.15) is 0 Å². The molecule has 0 spiro atoms. The summed E-state index contributed by atoms with van der Waals surface area (Å²) >= 11 is 0. The minimum Gasteiger partial charge on any atom is -0.456 e. The quantitative estimate of drug-likeness (QED) is 0.452. The zero-order chi connectivity index (χ0) is 20.7. The number of rotatable bonds is 1. The Hall–Kier alpha value is -2.30. The molecule has 1 aliphatic heterocycles. The minimum atomic E-state index is -0.841. The van der Waals surface area contributed by atoms with Gasteiger partial charge in [0.25, 0.3) is 0 Å². The molecule has 0 aliphatic carbocycles. The third kappa shape index (κ3) is 2.09. The van der Waals surface area contributed by atoms with E-state index in [-0.39, 0.29) is 18.1 Å². The van der Waals surface area contributed by atoms with Crippen LogP contribution in [-0.2, 0) is 9.31 Å². The van der Waals surface area contributed by atoms with E-state index < -0.39 is 18.3 Å². The number of hydrogen-bond donors (Lipinski definition) is 0. The third-order valence-electron chi connectivity index (χ3n) is 5.70. The van der Waals surface area contributed by atoms with Crippen molar-refractivity contribution in [3.8, 4) is 0 Å². The second kappa shape index (κ2) is 5.12. The highest BCUT2D eigenvalue weighted by Crippen LogP contribution is 2.38. The Labute approximate surface area is 157 Å². The first kappa shape index (κ1) is 13.0. The predicted octanol–water partition coefficient (Wildman–Crippen LogP) is 5.04. The van der Waals surface area contributed by atoms with E-state index in [4.69, 9.17) is 17.8 Å². The summed E-state index contributed by atoms with van der Waals surface area (Å²) in [5.74, 6) is 0. The zero-order valence-electron chi connectivity index (χ0n) is 18.3. The summed E-state index contributed by atoms with van der Waals surface area (Å²) in [6.45, 7) is 7.78. The van der Waals surface area contributed by atoms with Crippen molar-refractivity contribution in [3.63, 3.8) is 0 Å². The average molecular weight is 347 g/mol. The Morgan fingerprint density at radius 2 is 1.54 bits per heavy atom. The van der Waals surface area contributed by atoms with Crippen molar-refractivity contribution >= 4 is 45.3 Å². The molecule has 2 heterocycles. The van der Waals surface area contributed by atoms with E-state index in [1.54, 1.807) is 0 Å². The molecule has 1 aromatic heterocycles. The minimum absolute atomic E-state index is 0.0145. The molecule has 4 heteroatoms. The molecule has 0 radical (unpaired) electrons. The molecule has 0 bridgehead atoms. The van der Waals surface area contributed by atoms with Gasteiger partial charge in [0.2, 0.25) is 0 Å². The molecular weight excluding hydrogens is 323 g/mol. The molecule has 0 atom stereocenters. The van der Waals surface area contributed by atoms with Crippen molar-refractivity contribution in [1.82, 2.24) is 0 Å². The van der Waals surface area contributed by atoms with E-state index >= 15 is 0 Å². The Morgan fingerprint density at radius 1 is 0.808 bits per heavy atom. The van der Waals surface area contributed by atoms with Gasteiger partial charge >= 0.3 is 7.12 Å². The third-order valence-corrected chi connectivity index (χ3v) is 5.70. The zero-order valence-corrected chi connectivity index (χ0v) is 15.3. The maximum Gasteiger partial charge on any atom is 0.498 e. The molecule has 5 rings (SSSR count). The molecule has 1 saturated heterocycles. The highest BCUT2D eigenvalue weighted by atomic mass is 16.7. The topological polar surface area (TPSA) is 31.6 Å². The van der Waals surface area contributed by atoms with Gasteiger partial charge in [0.15, 0.2) is 0 Å². The van der Waals surface area contributed by atoms with Gasteiger partial charge in [-0.3, -0.25) is 0 Å². The second-order valence-corrected chi connectivity index (χ2v) is 7.85. The summed E-state index contributed by atoms with van der Waals surface area (Å²) in [6.07, 6.45) is 0. The van der Waals surface area contributed by atoms with Crippen LogP contribution in [0.3, 0.4) is 0 Å². The van der Waals surface area contributed by atoms with Crippen molar-refractivity contribution in [2.24, 2.45) is 0 Å². The van der Waals surface area contributed by atoms with Gasteiger partial charge in [-0.25, -0.2) is 0 Å². The monoisotopic (exact) mass is 347 g/mol. The summed E-state index contributed by atoms with van der Waals surface area (Å²) < 4.78 is 44.1. The first-order valence-corrected chi connectivity index (χ1v) is 8.81. The van der Waals surface area contributed by atoms with Crippen LogP contribution >= 0.6 is 0 Å². The van der Waals surface area contributed by atoms with Gasteiger partial charge in [0.05, 0.1) is 15.3 Å². The fourth-order valence-electron chi connectivity index (χ4n) is 3.48. The molecule has 0 saturated carbocycles. The van der Waals surface area contributed by atoms with Crippen LogP contribution in [-0.4, -0.2) is 18.3 Å². The van der Waals surface area contributed by atoms with Crippen molar-refractivity contribution in [1.29, 1.82) is 0 Å². The summed E-state index contributed by atoms with van der Waals surface area (Å²) in [6, 6.07) is 11.5. The lowest BCUT2D eigenvalue weighted by Crippen LogP contribution is -2.41. The Bertz CT molecular complexity index is 1290. The van der Waals surface area contributed by atoms with Crippen LogP contribution in [0.2, 0.25) is 0 Å². The largest absolute Gasteiger partial charge is 0.498 e. The van der Waals surface area contributed by atoms with Crippen LogP contribution in [0.4, 0.5) is 0 Å². The highest BCUT2D eigenvalue weighted by Gasteiger charge is 2.52. The van der Waals surface area contributed by atoms with Gasteiger partial charge in [-0.05, 0) is 39.1 Å². The molecule has 4 aromatic rings. The molecule has 3 aromatic carbocycles. The van der Waals surface area contributed by atoms with E-state index in [1.165, 1.54) is 0 Å². The molecule has 1 aliphatic rings. The molecule has 0 unspecified atom stereocenters. The van der Waals surface area contributed by atoms with Crippen LogP contribution in [0.25, 0.3) is 32.7 Å². The van der Waals surface area contributed by atoms with Crippen LogP contribution in [0.15, 0.2) is 58.9 Å². The lowest BCUT2D eigenvalue weighted by Gasteiger charge is -2.32. The maximum atomic E-state index is 8.55. The molecule has 3 nitrogen and oxygen atoms in total. The number of para-hydroxylation sites is 1. The van der Waals surface area contributed by atoms with Crippen molar-refractivity contribution in [3.05, 3.63) is 54.5 Å². The van der Waals surface area contributed by atoms with E-state index in [9.17, 15) is 0 Å². The Morgan fingerprint density at radius 3 is 2.31 bits per heavy atom. The highest BCUT2D eigenvalue weighted by molar-refractivity contribution is 6.65. The van der Waals surface area contributed by atoms with Gasteiger partial charge in [0, 0.05) is 21.6 Å². The van der Waals surface area contributed by atoms with Crippen molar-refractivity contribution in [2.45, 2.75) is 38.9 Å². The van der Waals surface area contributed by atoms with Crippen LogP contribution in [0, 0.1) is 0 Å². The first-order chi connectivity index (χ1) is 13.6. The summed E-state index contributed by atoms with van der Waals surface area (Å²) in [4.78, 5) is 0. The molecule has 0 amide bonds. The van der Waals surface area contributed by atoms with Crippen LogP contribution < -0.4 is 5.46 Å². The number of fused-ring (bicyclic) bond motifs is 5. The lowest BCUT2D eigenvalue weighted by atomic mass is 9.78. The Kier molecular flexibility index (Phi) is 2.55. The van der Waals surface area contributed by atoms with Crippen LogP contribution in [0.1, 0.15) is 31.8 Å². The molecule has 1 fully saturated rings. The van der Waals surface area contributed by atoms with Crippen molar-refractivity contribution in [2.75, 3.05) is 0 Å². The normalized spacial score (nSPS) is 20.6. The predicted molar refractivity (Wildman–Crippen MR) is 107 cm³/mol. The smallest absolute Gasteiger partial charge is 0.456 e. The van der Waals surface area contributed by atoms with E-state index in [2.05, 4.69) is 0 Å². The Balaban J connectivity index is 1.88. The maximum absolute atomic E-state index is 8.55. The van der Waals surface area contributed by atoms with Gasteiger partial charge < -0.3 is 13.7 Å². The summed E-state index contributed by atoms with van der Waals surface area (Å²) in [7, 11) is -0.841. The van der Waals surface area contributed by atoms with Gasteiger partial charge in [-0.1, -0.05) is 48.5 Å². The van der Waals surface area contributed by atoms with E-state index in [0.717, 1.165) is 16.2 Å². The molecular formula is C22H21BO3. The first-order valence-electron chi connectivity index (χ1n) is 10.3. The SMILES string of the molecule is [2H]c1c([2H])c([2H])c2c(oc3c4ccccc4ccc32)c1B1OC(C)(C)C(C)(C)O1. The van der Waals surface area contributed by atoms with E-state index in [1.807, 2.05) is 64.1 Å². The van der Waals surface area contributed by atoms with E-state index in [0.29, 0.717) is 22.0 Å². The standard InChI is InChI=1S/C22H21BO3/c1-21(2)22(3,4)26-23(25-21)18-11-7-10-16-17-13-12-14-8-5-6-9-15(14)19(17)24-20(16)18/h5-13H,1-4H3/i7D,10D,11D. The summed E-state index contributed by atoms with van der Waals surface area (Å²) in [5, 5.41) is 3.24. The lowest BCUT2D eigenvalue weighted by molar-refractivity contribution is 0.00578. The summed E-state index contributed by atoms with van der Waals surface area (Å²) in [5.41, 5.74) is 0.239. The fourth-order valence-corrected chi connectivity index (χ4v) is 3.48. The van der Waals surface area contributed by atoms with Gasteiger partial charge in [-0.15, -0.1) is 0 Å². The van der Waals surface area contributed by atoms with Crippen LogP contribution in [0.5, 0.6) is 0 Å². The number of furan rings is 1. The van der Waals surface area contributed by atoms with Crippen molar-refractivity contribution < 1.29 is 17.8 Å². The second-order valence-electron chi connectivity index (χ2n) is 7.85. The average Bonchev–Trinajstić information content (AvgIpc) is 3.14. The number of benzene rings is 3. The molecule has 130 valence electrons. The number of hydrogen-bond acceptors (Lipinski definition) is 3. The molecule has 26 heavy (non-hydrogen) atoms.